The van der Waals surface area contributed by atoms with Crippen LogP contribution in [-0.2, 0) is 22.3 Å². The van der Waals surface area contributed by atoms with Gasteiger partial charge in [-0.25, -0.2) is 0 Å². The Labute approximate surface area is 211 Å². The van der Waals surface area contributed by atoms with E-state index >= 15 is 0 Å². The predicted molar refractivity (Wildman–Crippen MR) is 120 cm³/mol. The van der Waals surface area contributed by atoms with Crippen LogP contribution in [-0.4, -0.2) is 24.5 Å². The second kappa shape index (κ2) is 10.1. The van der Waals surface area contributed by atoms with Crippen LogP contribution >= 0.6 is 34.8 Å². The second-order valence-electron chi connectivity index (χ2n) is 7.84. The van der Waals surface area contributed by atoms with Gasteiger partial charge in [0.2, 0.25) is 11.8 Å². The SMILES string of the molecule is CCC(=O)NCc1ccc(N2CC(C(F)(F)F)C(c3cc(Cl)c(Cl)c(Cl)c3)C2=O)cc1C(F)(F)F. The Balaban J connectivity index is 2.05. The van der Waals surface area contributed by atoms with E-state index in [2.05, 4.69) is 5.32 Å². The highest BCUT2D eigenvalue weighted by Gasteiger charge is 2.55. The fourth-order valence-electron chi connectivity index (χ4n) is 3.86. The summed E-state index contributed by atoms with van der Waals surface area (Å²) in [6.45, 7) is 0.177. The van der Waals surface area contributed by atoms with E-state index in [9.17, 15) is 35.9 Å². The Hall–Kier alpha value is -2.17. The van der Waals surface area contributed by atoms with Crippen LogP contribution in [0.3, 0.4) is 0 Å². The Bertz CT molecular complexity index is 1130. The fraction of sp³-hybridized carbons (Fsp3) is 0.364. The number of carbonyl (C=O) groups excluding carboxylic acids is 2. The lowest BCUT2D eigenvalue weighted by atomic mass is 9.88. The van der Waals surface area contributed by atoms with Crippen molar-refractivity contribution in [1.29, 1.82) is 0 Å². The van der Waals surface area contributed by atoms with Crippen LogP contribution in [0, 0.1) is 5.92 Å². The monoisotopic (exact) mass is 560 g/mol. The highest BCUT2D eigenvalue weighted by atomic mass is 35.5. The van der Waals surface area contributed by atoms with Gasteiger partial charge in [-0.15, -0.1) is 0 Å². The summed E-state index contributed by atoms with van der Waals surface area (Å²) < 4.78 is 82.8. The number of alkyl halides is 6. The third kappa shape index (κ3) is 5.81. The Kier molecular flexibility index (Phi) is 7.88. The summed E-state index contributed by atoms with van der Waals surface area (Å²) in [6.07, 6.45) is -9.68. The second-order valence-corrected chi connectivity index (χ2v) is 9.04. The van der Waals surface area contributed by atoms with Gasteiger partial charge >= 0.3 is 12.4 Å². The number of benzene rings is 2. The maximum absolute atomic E-state index is 13.9. The van der Waals surface area contributed by atoms with Gasteiger partial charge in [-0.1, -0.05) is 47.8 Å². The van der Waals surface area contributed by atoms with Crippen molar-refractivity contribution in [3.63, 3.8) is 0 Å². The molecule has 1 saturated heterocycles. The standard InChI is InChI=1S/C22H17Cl3F6N2O2/c1-2-17(34)32-8-10-3-4-12(7-13(10)21(26,27)28)33-9-14(22(29,30)31)18(20(33)35)11-5-15(23)19(25)16(24)6-11/h3-7,14,18H,2,8-9H2,1H3,(H,32,34). The Morgan fingerprint density at radius 1 is 1.06 bits per heavy atom. The topological polar surface area (TPSA) is 49.4 Å². The first-order chi connectivity index (χ1) is 16.1. The molecule has 13 heteroatoms. The van der Waals surface area contributed by atoms with Crippen LogP contribution in [0.25, 0.3) is 0 Å². The number of carbonyl (C=O) groups is 2. The van der Waals surface area contributed by atoms with E-state index in [-0.39, 0.29) is 38.3 Å². The van der Waals surface area contributed by atoms with Gasteiger partial charge in [-0.2, -0.15) is 26.3 Å². The van der Waals surface area contributed by atoms with E-state index in [4.69, 9.17) is 34.8 Å². The highest BCUT2D eigenvalue weighted by molar-refractivity contribution is 6.48. The largest absolute Gasteiger partial charge is 0.416 e. The third-order valence-corrected chi connectivity index (χ3v) is 6.80. The van der Waals surface area contributed by atoms with Crippen LogP contribution < -0.4 is 10.2 Å². The maximum Gasteiger partial charge on any atom is 0.416 e. The zero-order valence-electron chi connectivity index (χ0n) is 17.8. The predicted octanol–water partition coefficient (Wildman–Crippen LogP) is 7.00. The third-order valence-electron chi connectivity index (χ3n) is 5.61. The van der Waals surface area contributed by atoms with Gasteiger partial charge < -0.3 is 10.2 Å². The molecule has 0 spiro atoms. The lowest BCUT2D eigenvalue weighted by molar-refractivity contribution is -0.174. The summed E-state index contributed by atoms with van der Waals surface area (Å²) in [5.41, 5.74) is -2.00. The van der Waals surface area contributed by atoms with Crippen LogP contribution in [0.15, 0.2) is 30.3 Å². The number of nitrogens with zero attached hydrogens (tertiary/aromatic N) is 1. The van der Waals surface area contributed by atoms with E-state index in [1.54, 1.807) is 0 Å². The first kappa shape index (κ1) is 27.4. The molecule has 0 aliphatic carbocycles. The number of anilines is 1. The lowest BCUT2D eigenvalue weighted by Crippen LogP contribution is -2.29. The maximum atomic E-state index is 13.9. The molecule has 2 amide bonds. The normalized spacial score (nSPS) is 18.8. The molecule has 1 N–H and O–H groups in total. The van der Waals surface area contributed by atoms with Gasteiger partial charge in [0.1, 0.15) is 0 Å². The van der Waals surface area contributed by atoms with Crippen molar-refractivity contribution in [3.05, 3.63) is 62.1 Å². The van der Waals surface area contributed by atoms with Gasteiger partial charge in [0.15, 0.2) is 0 Å². The van der Waals surface area contributed by atoms with Crippen molar-refractivity contribution in [2.75, 3.05) is 11.4 Å². The van der Waals surface area contributed by atoms with Crippen molar-refractivity contribution in [2.45, 2.75) is 38.2 Å². The molecule has 2 aromatic rings. The first-order valence-electron chi connectivity index (χ1n) is 10.1. The summed E-state index contributed by atoms with van der Waals surface area (Å²) in [7, 11) is 0. The molecule has 4 nitrogen and oxygen atoms in total. The number of amides is 2. The van der Waals surface area contributed by atoms with Crippen LogP contribution in [0.2, 0.25) is 15.1 Å². The number of halogens is 9. The Morgan fingerprint density at radius 3 is 2.17 bits per heavy atom. The van der Waals surface area contributed by atoms with E-state index < -0.39 is 54.7 Å². The highest BCUT2D eigenvalue weighted by Crippen LogP contribution is 2.47. The molecule has 0 aromatic heterocycles. The molecule has 35 heavy (non-hydrogen) atoms. The van der Waals surface area contributed by atoms with Gasteiger partial charge in [-0.3, -0.25) is 9.59 Å². The van der Waals surface area contributed by atoms with Crippen molar-refractivity contribution >= 4 is 52.3 Å². The molecular weight excluding hydrogens is 545 g/mol. The number of hydrogen-bond donors (Lipinski definition) is 1. The summed E-state index contributed by atoms with van der Waals surface area (Å²) in [5, 5.41) is 1.88. The minimum atomic E-state index is -4.88. The summed E-state index contributed by atoms with van der Waals surface area (Å²) in [6, 6.07) is 4.90. The van der Waals surface area contributed by atoms with E-state index in [0.717, 1.165) is 24.3 Å². The van der Waals surface area contributed by atoms with Crippen LogP contribution in [0.5, 0.6) is 0 Å². The zero-order valence-corrected chi connectivity index (χ0v) is 20.1. The smallest absolute Gasteiger partial charge is 0.352 e. The summed E-state index contributed by atoms with van der Waals surface area (Å²) >= 11 is 17.7. The Morgan fingerprint density at radius 2 is 1.66 bits per heavy atom. The average Bonchev–Trinajstić information content (AvgIpc) is 3.12. The molecule has 1 aliphatic rings. The molecular formula is C22H17Cl3F6N2O2. The molecule has 2 atom stereocenters. The summed E-state index contributed by atoms with van der Waals surface area (Å²) in [5.74, 6) is -5.57. The molecule has 2 aromatic carbocycles. The van der Waals surface area contributed by atoms with Gasteiger partial charge in [0, 0.05) is 25.2 Å². The number of hydrogen-bond acceptors (Lipinski definition) is 2. The van der Waals surface area contributed by atoms with Crippen molar-refractivity contribution < 1.29 is 35.9 Å². The van der Waals surface area contributed by atoms with E-state index in [0.29, 0.717) is 11.0 Å². The number of nitrogens with one attached hydrogen (secondary N) is 1. The van der Waals surface area contributed by atoms with Crippen molar-refractivity contribution in [3.8, 4) is 0 Å². The van der Waals surface area contributed by atoms with Gasteiger partial charge in [-0.05, 0) is 35.4 Å². The minimum absolute atomic E-state index is 0.0562. The van der Waals surface area contributed by atoms with Crippen molar-refractivity contribution in [1.82, 2.24) is 5.32 Å². The average molecular weight is 562 g/mol. The first-order valence-corrected chi connectivity index (χ1v) is 11.3. The zero-order chi connectivity index (χ0) is 26.3. The minimum Gasteiger partial charge on any atom is -0.352 e. The van der Waals surface area contributed by atoms with Gasteiger partial charge in [0.05, 0.1) is 32.5 Å². The lowest BCUT2D eigenvalue weighted by Gasteiger charge is -2.21. The molecule has 190 valence electrons. The van der Waals surface area contributed by atoms with Crippen LogP contribution in [0.1, 0.15) is 36.0 Å². The fourth-order valence-corrected chi connectivity index (χ4v) is 4.47. The van der Waals surface area contributed by atoms with E-state index in [1.165, 1.54) is 6.92 Å². The molecule has 0 radical (unpaired) electrons. The molecule has 3 rings (SSSR count). The number of rotatable bonds is 5. The van der Waals surface area contributed by atoms with E-state index in [1.807, 2.05) is 0 Å². The van der Waals surface area contributed by atoms with Gasteiger partial charge in [0.25, 0.3) is 0 Å². The van der Waals surface area contributed by atoms with Crippen molar-refractivity contribution in [2.24, 2.45) is 5.92 Å². The molecule has 1 aliphatic heterocycles. The summed E-state index contributed by atoms with van der Waals surface area (Å²) in [4.78, 5) is 25.3. The molecule has 2 unspecified atom stereocenters. The molecule has 1 heterocycles. The molecule has 0 bridgehead atoms. The molecule has 0 saturated carbocycles. The molecule has 1 fully saturated rings. The van der Waals surface area contributed by atoms with Crippen LogP contribution in [0.4, 0.5) is 32.0 Å². The quantitative estimate of drug-likeness (QED) is 0.316.